The van der Waals surface area contributed by atoms with E-state index in [1.54, 1.807) is 13.0 Å². The van der Waals surface area contributed by atoms with Crippen LogP contribution in [0.5, 0.6) is 0 Å². The second kappa shape index (κ2) is 4.41. The third kappa shape index (κ3) is 2.55. The molecule has 1 rings (SSSR count). The molecule has 0 fully saturated rings. The average Bonchev–Trinajstić information content (AvgIpc) is 2.10. The summed E-state index contributed by atoms with van der Waals surface area (Å²) in [5, 5.41) is 0. The topological polar surface area (TPSA) is 39.2 Å². The molecule has 0 unspecified atom stereocenters. The molecule has 2 radical (unpaired) electrons. The molecule has 5 heteroatoms. The lowest BCUT2D eigenvalue weighted by Gasteiger charge is -2.02. The Labute approximate surface area is 86.0 Å². The summed E-state index contributed by atoms with van der Waals surface area (Å²) in [6.45, 7) is 2.10. The van der Waals surface area contributed by atoms with Crippen LogP contribution in [-0.2, 0) is 4.74 Å². The van der Waals surface area contributed by atoms with Crippen LogP contribution in [-0.4, -0.2) is 25.4 Å². The maximum Gasteiger partial charge on any atom is 0.339 e. The lowest BCUT2D eigenvalue weighted by Crippen LogP contribution is -2.13. The van der Waals surface area contributed by atoms with Crippen LogP contribution in [0.15, 0.2) is 16.7 Å². The molecule has 13 heavy (non-hydrogen) atoms. The van der Waals surface area contributed by atoms with Gasteiger partial charge in [0.25, 0.3) is 0 Å². The smallest absolute Gasteiger partial charge is 0.339 e. The highest BCUT2D eigenvalue weighted by atomic mass is 79.9. The van der Waals surface area contributed by atoms with Crippen molar-refractivity contribution in [2.45, 2.75) is 6.92 Å². The molecular formula is C8H7BBrNO2. The lowest BCUT2D eigenvalue weighted by molar-refractivity contribution is 0.0526. The second-order valence-electron chi connectivity index (χ2n) is 2.31. The Kier molecular flexibility index (Phi) is 3.48. The molecular weight excluding hydrogens is 233 g/mol. The summed E-state index contributed by atoms with van der Waals surface area (Å²) in [5.74, 6) is -0.393. The predicted molar refractivity (Wildman–Crippen MR) is 53.3 cm³/mol. The molecule has 0 amide bonds. The van der Waals surface area contributed by atoms with Gasteiger partial charge in [0.1, 0.15) is 7.85 Å². The zero-order valence-corrected chi connectivity index (χ0v) is 8.67. The van der Waals surface area contributed by atoms with Crippen molar-refractivity contribution in [3.05, 3.63) is 22.3 Å². The molecule has 0 bridgehead atoms. The minimum Gasteiger partial charge on any atom is -0.462 e. The molecule has 0 saturated heterocycles. The molecule has 0 aliphatic carbocycles. The Morgan fingerprint density at radius 3 is 3.00 bits per heavy atom. The molecule has 0 aliphatic heterocycles. The number of rotatable bonds is 2. The highest BCUT2D eigenvalue weighted by Gasteiger charge is 2.07. The van der Waals surface area contributed by atoms with E-state index in [0.717, 1.165) is 0 Å². The number of hydrogen-bond acceptors (Lipinski definition) is 3. The molecule has 0 saturated carbocycles. The monoisotopic (exact) mass is 239 g/mol. The minimum absolute atomic E-state index is 0.348. The largest absolute Gasteiger partial charge is 0.462 e. The molecule has 1 heterocycles. The van der Waals surface area contributed by atoms with Crippen LogP contribution in [0.4, 0.5) is 0 Å². The number of pyridine rings is 1. The first kappa shape index (κ1) is 10.2. The normalized spacial score (nSPS) is 9.69. The number of ether oxygens (including phenoxy) is 1. The van der Waals surface area contributed by atoms with Crippen LogP contribution in [0.2, 0.25) is 0 Å². The Morgan fingerprint density at radius 2 is 2.46 bits per heavy atom. The Morgan fingerprint density at radius 1 is 1.77 bits per heavy atom. The van der Waals surface area contributed by atoms with Crippen molar-refractivity contribution in [3.63, 3.8) is 0 Å². The Hall–Kier alpha value is -0.835. The van der Waals surface area contributed by atoms with Crippen molar-refractivity contribution in [3.8, 4) is 0 Å². The summed E-state index contributed by atoms with van der Waals surface area (Å²) in [4.78, 5) is 15.0. The fraction of sp³-hybridized carbons (Fsp3) is 0.250. The zero-order valence-electron chi connectivity index (χ0n) is 7.08. The number of carbonyl (C=O) groups excluding carboxylic acids is 1. The summed E-state index contributed by atoms with van der Waals surface area (Å²) in [7, 11) is 5.45. The number of esters is 1. The van der Waals surface area contributed by atoms with Crippen molar-refractivity contribution in [1.82, 2.24) is 4.98 Å². The minimum atomic E-state index is -0.393. The van der Waals surface area contributed by atoms with Crippen molar-refractivity contribution < 1.29 is 9.53 Å². The van der Waals surface area contributed by atoms with Gasteiger partial charge in [-0.25, -0.2) is 4.79 Å². The first-order chi connectivity index (χ1) is 6.15. The third-order valence-corrected chi connectivity index (χ3v) is 2.02. The highest BCUT2D eigenvalue weighted by molar-refractivity contribution is 9.10. The quantitative estimate of drug-likeness (QED) is 0.567. The van der Waals surface area contributed by atoms with Crippen molar-refractivity contribution in [1.29, 1.82) is 0 Å². The van der Waals surface area contributed by atoms with Gasteiger partial charge in [-0.15, -0.1) is 0 Å². The fourth-order valence-corrected chi connectivity index (χ4v) is 1.12. The molecule has 66 valence electrons. The Balaban J connectivity index is 2.90. The number of aromatic nitrogens is 1. The molecule has 1 aromatic rings. The molecule has 3 nitrogen and oxygen atoms in total. The first-order valence-corrected chi connectivity index (χ1v) is 4.52. The van der Waals surface area contributed by atoms with E-state index >= 15 is 0 Å². The maximum absolute atomic E-state index is 11.2. The summed E-state index contributed by atoms with van der Waals surface area (Å²) in [6, 6.07) is 1.58. The van der Waals surface area contributed by atoms with Gasteiger partial charge in [0, 0.05) is 16.3 Å². The van der Waals surface area contributed by atoms with Crippen molar-refractivity contribution >= 4 is 35.3 Å². The summed E-state index contributed by atoms with van der Waals surface area (Å²) in [5.41, 5.74) is 0.746. The van der Waals surface area contributed by atoms with Gasteiger partial charge in [-0.3, -0.25) is 4.98 Å². The summed E-state index contributed by atoms with van der Waals surface area (Å²) >= 11 is 3.17. The second-order valence-corrected chi connectivity index (χ2v) is 3.17. The number of nitrogens with zero attached hydrogens (tertiary/aromatic N) is 1. The summed E-state index contributed by atoms with van der Waals surface area (Å²) < 4.78 is 5.38. The van der Waals surface area contributed by atoms with Gasteiger partial charge >= 0.3 is 5.97 Å². The van der Waals surface area contributed by atoms with Gasteiger partial charge < -0.3 is 4.74 Å². The van der Waals surface area contributed by atoms with E-state index in [4.69, 9.17) is 12.6 Å². The van der Waals surface area contributed by atoms with Gasteiger partial charge in [0.15, 0.2) is 0 Å². The maximum atomic E-state index is 11.2. The Bertz CT molecular complexity index is 330. The standard InChI is InChI=1S/C8H7BBrNO2/c1-2-13-8(12)5-3-6(10)7(9)11-4-5/h3-4H,2H2,1H3. The zero-order chi connectivity index (χ0) is 9.84. The van der Waals surface area contributed by atoms with Crippen molar-refractivity contribution in [2.75, 3.05) is 6.61 Å². The molecule has 0 N–H and O–H groups in total. The van der Waals surface area contributed by atoms with Crippen LogP contribution in [0, 0.1) is 0 Å². The number of halogens is 1. The average molecular weight is 240 g/mol. The lowest BCUT2D eigenvalue weighted by atomic mass is 10.0. The van der Waals surface area contributed by atoms with E-state index in [9.17, 15) is 4.79 Å². The van der Waals surface area contributed by atoms with E-state index in [0.29, 0.717) is 22.2 Å². The predicted octanol–water partition coefficient (Wildman–Crippen LogP) is 0.815. The molecule has 0 atom stereocenters. The van der Waals surface area contributed by atoms with E-state index in [1.807, 2.05) is 0 Å². The van der Waals surface area contributed by atoms with E-state index < -0.39 is 5.97 Å². The van der Waals surface area contributed by atoms with Gasteiger partial charge in [-0.05, 0) is 28.9 Å². The van der Waals surface area contributed by atoms with Gasteiger partial charge in [0.05, 0.1) is 12.2 Å². The summed E-state index contributed by atoms with van der Waals surface area (Å²) in [6.07, 6.45) is 1.39. The van der Waals surface area contributed by atoms with Gasteiger partial charge in [0.2, 0.25) is 0 Å². The van der Waals surface area contributed by atoms with E-state index in [2.05, 4.69) is 20.9 Å². The van der Waals surface area contributed by atoms with E-state index in [-0.39, 0.29) is 0 Å². The molecule has 0 aliphatic rings. The van der Waals surface area contributed by atoms with Crippen LogP contribution in [0.1, 0.15) is 17.3 Å². The third-order valence-electron chi connectivity index (χ3n) is 1.38. The SMILES string of the molecule is [B]c1ncc(C(=O)OCC)cc1Br. The highest BCUT2D eigenvalue weighted by Crippen LogP contribution is 2.08. The van der Waals surface area contributed by atoms with Crippen LogP contribution < -0.4 is 5.59 Å². The number of carbonyl (C=O) groups is 1. The van der Waals surface area contributed by atoms with Crippen LogP contribution in [0.3, 0.4) is 0 Å². The van der Waals surface area contributed by atoms with E-state index in [1.165, 1.54) is 6.20 Å². The van der Waals surface area contributed by atoms with Crippen molar-refractivity contribution in [2.24, 2.45) is 0 Å². The molecule has 1 aromatic heterocycles. The van der Waals surface area contributed by atoms with Gasteiger partial charge in [-0.2, -0.15) is 0 Å². The molecule has 0 spiro atoms. The van der Waals surface area contributed by atoms with Gasteiger partial charge in [-0.1, -0.05) is 0 Å². The van der Waals surface area contributed by atoms with Crippen LogP contribution >= 0.6 is 15.9 Å². The van der Waals surface area contributed by atoms with Crippen LogP contribution in [0.25, 0.3) is 0 Å². The molecule has 0 aromatic carbocycles. The number of hydrogen-bond donors (Lipinski definition) is 0. The fourth-order valence-electron chi connectivity index (χ4n) is 0.775. The first-order valence-electron chi connectivity index (χ1n) is 3.73.